The summed E-state index contributed by atoms with van der Waals surface area (Å²) in [7, 11) is 0. The average molecular weight is 299 g/mol. The van der Waals surface area contributed by atoms with Crippen LogP contribution in [0.2, 0.25) is 0 Å². The molecular formula is C17H15O5+. The zero-order chi connectivity index (χ0) is 15.1. The predicted octanol–water partition coefficient (Wildman–Crippen LogP) is 1.69. The lowest BCUT2D eigenvalue weighted by atomic mass is 9.92. The smallest absolute Gasteiger partial charge is 0.518 e. The molecule has 2 aliphatic carbocycles. The number of allylic oxidation sites excluding steroid dienone is 2. The molecule has 5 aliphatic rings. The highest BCUT2D eigenvalue weighted by Crippen LogP contribution is 2.68. The first-order valence-corrected chi connectivity index (χ1v) is 7.54. The van der Waals surface area contributed by atoms with Crippen LogP contribution >= 0.6 is 0 Å². The van der Waals surface area contributed by atoms with Crippen molar-refractivity contribution in [3.63, 3.8) is 0 Å². The summed E-state index contributed by atoms with van der Waals surface area (Å²) in [4.78, 5) is 23.9. The van der Waals surface area contributed by atoms with Crippen molar-refractivity contribution in [1.82, 2.24) is 0 Å². The van der Waals surface area contributed by atoms with Crippen LogP contribution < -0.4 is 0 Å². The standard InChI is InChI=1S/C17H15O5/c1-9-6-13(21-15(9)18)20-8-12-11-7-10-4-2-3-5-17(10)14(11)22(17)16(12)19/h2-5,7-9,11,13-14H,6H2,1H3/q+1/b12-8-/t9?,11-,13-,14+,17-/m1/s1. The van der Waals surface area contributed by atoms with Gasteiger partial charge in [0.05, 0.1) is 11.8 Å². The minimum atomic E-state index is -0.579. The van der Waals surface area contributed by atoms with Gasteiger partial charge in [-0.25, -0.2) is 0 Å². The summed E-state index contributed by atoms with van der Waals surface area (Å²) in [5.74, 6) is -0.414. The quantitative estimate of drug-likeness (QED) is 0.256. The number of hydrogen-bond acceptors (Lipinski definition) is 4. The van der Waals surface area contributed by atoms with Crippen molar-refractivity contribution in [1.29, 1.82) is 0 Å². The van der Waals surface area contributed by atoms with Crippen molar-refractivity contribution in [2.24, 2.45) is 11.8 Å². The number of carbonyl (C=O) groups is 2. The Labute approximate surface area is 127 Å². The molecule has 3 fully saturated rings. The Balaban J connectivity index is 1.40. The fraction of sp³-hybridized carbons (Fsp3) is 0.412. The van der Waals surface area contributed by atoms with Gasteiger partial charge in [-0.15, -0.1) is 0 Å². The van der Waals surface area contributed by atoms with Gasteiger partial charge in [0, 0.05) is 16.8 Å². The Morgan fingerprint density at radius 3 is 3.00 bits per heavy atom. The first kappa shape index (κ1) is 12.3. The number of epoxide rings is 1. The Bertz CT molecular complexity index is 727. The molecule has 22 heavy (non-hydrogen) atoms. The van der Waals surface area contributed by atoms with E-state index in [0.717, 1.165) is 5.57 Å². The van der Waals surface area contributed by atoms with Crippen molar-refractivity contribution in [3.05, 3.63) is 47.8 Å². The summed E-state index contributed by atoms with van der Waals surface area (Å²) >= 11 is 0. The van der Waals surface area contributed by atoms with E-state index < -0.39 is 6.29 Å². The van der Waals surface area contributed by atoms with Crippen molar-refractivity contribution in [2.75, 3.05) is 0 Å². The highest BCUT2D eigenvalue weighted by atomic mass is 16.8. The maximum Gasteiger partial charge on any atom is 0.552 e. The lowest BCUT2D eigenvalue weighted by Gasteiger charge is -2.11. The molecule has 0 amide bonds. The molecule has 0 aromatic heterocycles. The molecule has 0 aromatic rings. The number of carbonyl (C=O) groups excluding carboxylic acids is 2. The zero-order valence-corrected chi connectivity index (χ0v) is 12.0. The molecule has 5 heteroatoms. The highest BCUT2D eigenvalue weighted by Gasteiger charge is 2.83. The van der Waals surface area contributed by atoms with E-state index in [-0.39, 0.29) is 35.5 Å². The minimum Gasteiger partial charge on any atom is -0.518 e. The Morgan fingerprint density at radius 2 is 2.27 bits per heavy atom. The van der Waals surface area contributed by atoms with Gasteiger partial charge < -0.3 is 13.8 Å². The van der Waals surface area contributed by atoms with Crippen LogP contribution in [0.3, 0.4) is 0 Å². The third kappa shape index (κ3) is 1.26. The largest absolute Gasteiger partial charge is 0.552 e. The molecule has 0 aromatic carbocycles. The van der Waals surface area contributed by atoms with E-state index in [9.17, 15) is 9.59 Å². The molecule has 5 rings (SSSR count). The molecule has 1 spiro atoms. The fourth-order valence-electron chi connectivity index (χ4n) is 4.04. The van der Waals surface area contributed by atoms with E-state index in [2.05, 4.69) is 22.6 Å². The van der Waals surface area contributed by atoms with Crippen molar-refractivity contribution >= 4 is 11.9 Å². The van der Waals surface area contributed by atoms with Gasteiger partial charge in [0.1, 0.15) is 11.8 Å². The maximum atomic E-state index is 12.5. The Morgan fingerprint density at radius 1 is 1.41 bits per heavy atom. The molecular weight excluding hydrogens is 284 g/mol. The Hall–Kier alpha value is -2.30. The average Bonchev–Trinajstić information content (AvgIpc) is 2.71. The third-order valence-electron chi connectivity index (χ3n) is 5.19. The van der Waals surface area contributed by atoms with Gasteiger partial charge in [-0.2, -0.15) is 0 Å². The summed E-state index contributed by atoms with van der Waals surface area (Å²) in [6, 6.07) is 0. The number of esters is 1. The molecule has 112 valence electrons. The van der Waals surface area contributed by atoms with E-state index >= 15 is 0 Å². The third-order valence-corrected chi connectivity index (χ3v) is 5.19. The summed E-state index contributed by atoms with van der Waals surface area (Å²) in [6.07, 6.45) is 11.8. The lowest BCUT2D eigenvalue weighted by molar-refractivity contribution is -0.156. The van der Waals surface area contributed by atoms with Crippen LogP contribution in [0.15, 0.2) is 47.8 Å². The lowest BCUT2D eigenvalue weighted by Crippen LogP contribution is -2.22. The minimum absolute atomic E-state index is 0.0365. The van der Waals surface area contributed by atoms with Crippen molar-refractivity contribution < 1.29 is 23.4 Å². The fourth-order valence-corrected chi connectivity index (χ4v) is 4.04. The van der Waals surface area contributed by atoms with Gasteiger partial charge in [-0.05, 0) is 6.08 Å². The number of cyclic esters (lactones) is 1. The first-order valence-electron chi connectivity index (χ1n) is 7.54. The van der Waals surface area contributed by atoms with E-state index in [1.165, 1.54) is 6.26 Å². The van der Waals surface area contributed by atoms with E-state index in [4.69, 9.17) is 9.47 Å². The predicted molar refractivity (Wildman–Crippen MR) is 75.3 cm³/mol. The zero-order valence-electron chi connectivity index (χ0n) is 12.0. The molecule has 3 heterocycles. The number of rotatable bonds is 2. The first-order chi connectivity index (χ1) is 10.6. The monoisotopic (exact) mass is 299 g/mol. The molecule has 0 saturated carbocycles. The summed E-state index contributed by atoms with van der Waals surface area (Å²) in [5.41, 5.74) is 1.51. The molecule has 0 bridgehead atoms. The second kappa shape index (κ2) is 3.72. The van der Waals surface area contributed by atoms with Crippen LogP contribution in [0, 0.1) is 11.8 Å². The van der Waals surface area contributed by atoms with Crippen molar-refractivity contribution in [2.45, 2.75) is 31.3 Å². The van der Waals surface area contributed by atoms with Gasteiger partial charge >= 0.3 is 11.9 Å². The maximum absolute atomic E-state index is 12.5. The van der Waals surface area contributed by atoms with Crippen molar-refractivity contribution in [3.8, 4) is 0 Å². The normalized spacial score (nSPS) is 45.0. The molecule has 5 nitrogen and oxygen atoms in total. The highest BCUT2D eigenvalue weighted by molar-refractivity contribution is 5.99. The van der Waals surface area contributed by atoms with E-state index in [1.54, 1.807) is 0 Å². The van der Waals surface area contributed by atoms with Crippen LogP contribution in [0.25, 0.3) is 0 Å². The van der Waals surface area contributed by atoms with Crippen LogP contribution in [0.5, 0.6) is 0 Å². The molecule has 3 saturated heterocycles. The van der Waals surface area contributed by atoms with E-state index in [0.29, 0.717) is 12.0 Å². The van der Waals surface area contributed by atoms with Gasteiger partial charge in [0.15, 0.2) is 0 Å². The second-order valence-electron chi connectivity index (χ2n) is 6.42. The molecule has 3 aliphatic heterocycles. The SMILES string of the molecule is CC1C[C@H](O/C=C2\C(=O)[O+]3[C@H]4[C@@H]2C=C2C=CC=C[C@@]243)OC1=O. The van der Waals surface area contributed by atoms with Crippen LogP contribution in [-0.2, 0) is 23.4 Å². The van der Waals surface area contributed by atoms with Gasteiger partial charge in [0.2, 0.25) is 18.0 Å². The summed E-state index contributed by atoms with van der Waals surface area (Å²) in [5, 5.41) is 0. The summed E-state index contributed by atoms with van der Waals surface area (Å²) < 4.78 is 13.5. The number of hydrogen-bond donors (Lipinski definition) is 0. The molecule has 0 N–H and O–H groups in total. The van der Waals surface area contributed by atoms with E-state index in [1.807, 2.05) is 19.1 Å². The summed E-state index contributed by atoms with van der Waals surface area (Å²) in [6.45, 7) is 1.81. The van der Waals surface area contributed by atoms with Crippen LogP contribution in [0.4, 0.5) is 0 Å². The second-order valence-corrected chi connectivity index (χ2v) is 6.42. The van der Waals surface area contributed by atoms with Gasteiger partial charge in [-0.3, -0.25) is 4.79 Å². The van der Waals surface area contributed by atoms with Crippen LogP contribution in [-0.4, -0.2) is 29.9 Å². The molecule has 5 atom stereocenters. The van der Waals surface area contributed by atoms with Crippen LogP contribution in [0.1, 0.15) is 13.3 Å². The molecule has 1 unspecified atom stereocenters. The number of ether oxygens (including phenoxy) is 2. The molecule has 0 radical (unpaired) electrons. The topological polar surface area (TPSA) is 55.3 Å². The Kier molecular flexibility index (Phi) is 2.07. The van der Waals surface area contributed by atoms with Gasteiger partial charge in [-0.1, -0.05) is 31.2 Å². The van der Waals surface area contributed by atoms with Gasteiger partial charge in [0.25, 0.3) is 0 Å².